The summed E-state index contributed by atoms with van der Waals surface area (Å²) in [5.74, 6) is 2.14. The summed E-state index contributed by atoms with van der Waals surface area (Å²) in [6.45, 7) is 1.90. The van der Waals surface area contributed by atoms with Gasteiger partial charge in [0.05, 0.1) is 5.69 Å². The average molecular weight is 211 g/mol. The van der Waals surface area contributed by atoms with Crippen LogP contribution in [0.15, 0.2) is 18.2 Å². The van der Waals surface area contributed by atoms with E-state index in [-0.39, 0.29) is 5.82 Å². The summed E-state index contributed by atoms with van der Waals surface area (Å²) in [5.41, 5.74) is 1.61. The second-order valence-corrected chi connectivity index (χ2v) is 4.84. The van der Waals surface area contributed by atoms with Crippen LogP contribution in [0.4, 0.5) is 10.1 Å². The molecule has 76 valence electrons. The van der Waals surface area contributed by atoms with Gasteiger partial charge in [0.15, 0.2) is 0 Å². The Morgan fingerprint density at radius 2 is 2.36 bits per heavy atom. The minimum absolute atomic E-state index is 0.137. The van der Waals surface area contributed by atoms with Crippen molar-refractivity contribution < 1.29 is 4.39 Å². The van der Waals surface area contributed by atoms with Gasteiger partial charge >= 0.3 is 0 Å². The Balaban J connectivity index is 2.08. The molecule has 1 aliphatic heterocycles. The summed E-state index contributed by atoms with van der Waals surface area (Å²) in [6, 6.07) is 5.78. The molecule has 1 heterocycles. The normalized spacial score (nSPS) is 21.1. The van der Waals surface area contributed by atoms with Gasteiger partial charge in [0.1, 0.15) is 5.82 Å². The van der Waals surface area contributed by atoms with Gasteiger partial charge in [0, 0.05) is 11.8 Å². The van der Waals surface area contributed by atoms with E-state index >= 15 is 0 Å². The minimum Gasteiger partial charge on any atom is -0.379 e. The summed E-state index contributed by atoms with van der Waals surface area (Å²) in [6.07, 6.45) is 1.14. The van der Waals surface area contributed by atoms with Gasteiger partial charge < -0.3 is 5.32 Å². The van der Waals surface area contributed by atoms with E-state index in [0.29, 0.717) is 11.7 Å². The van der Waals surface area contributed by atoms with Crippen LogP contribution in [-0.2, 0) is 0 Å². The van der Waals surface area contributed by atoms with Crippen molar-refractivity contribution in [2.45, 2.75) is 19.4 Å². The molecular formula is C11H14FNS. The van der Waals surface area contributed by atoms with Crippen LogP contribution in [0.2, 0.25) is 0 Å². The summed E-state index contributed by atoms with van der Waals surface area (Å²) in [5, 5.41) is 3.24. The second-order valence-electron chi connectivity index (χ2n) is 3.69. The number of nitrogens with one attached hydrogen (secondary N) is 1. The third-order valence-corrected chi connectivity index (χ3v) is 3.58. The predicted molar refractivity (Wildman–Crippen MR) is 60.5 cm³/mol. The van der Waals surface area contributed by atoms with Crippen LogP contribution in [0.5, 0.6) is 0 Å². The fourth-order valence-electron chi connectivity index (χ4n) is 1.61. The number of benzene rings is 1. The van der Waals surface area contributed by atoms with Gasteiger partial charge in [0.25, 0.3) is 0 Å². The monoisotopic (exact) mass is 211 g/mol. The first kappa shape index (κ1) is 9.84. The van der Waals surface area contributed by atoms with Crippen LogP contribution in [0.1, 0.15) is 12.0 Å². The molecule has 0 aromatic heterocycles. The molecule has 0 saturated carbocycles. The third-order valence-electron chi connectivity index (χ3n) is 2.41. The molecule has 2 rings (SSSR count). The smallest absolute Gasteiger partial charge is 0.146 e. The lowest BCUT2D eigenvalue weighted by molar-refractivity contribution is 0.625. The third kappa shape index (κ3) is 2.21. The lowest BCUT2D eigenvalue weighted by atomic mass is 10.2. The molecule has 1 saturated heterocycles. The van der Waals surface area contributed by atoms with E-state index in [0.717, 1.165) is 17.7 Å². The zero-order chi connectivity index (χ0) is 9.97. The number of aryl methyl sites for hydroxylation is 1. The fraction of sp³-hybridized carbons (Fsp3) is 0.455. The zero-order valence-corrected chi connectivity index (χ0v) is 9.03. The van der Waals surface area contributed by atoms with E-state index in [4.69, 9.17) is 0 Å². The molecule has 1 aromatic carbocycles. The van der Waals surface area contributed by atoms with E-state index < -0.39 is 0 Å². The second kappa shape index (κ2) is 4.22. The van der Waals surface area contributed by atoms with Gasteiger partial charge in [-0.2, -0.15) is 11.8 Å². The predicted octanol–water partition coefficient (Wildman–Crippen LogP) is 3.05. The number of anilines is 1. The van der Waals surface area contributed by atoms with Crippen molar-refractivity contribution in [3.63, 3.8) is 0 Å². The Morgan fingerprint density at radius 1 is 1.50 bits per heavy atom. The minimum atomic E-state index is -0.137. The number of thioether (sulfide) groups is 1. The highest BCUT2D eigenvalue weighted by Crippen LogP contribution is 2.23. The number of hydrogen-bond acceptors (Lipinski definition) is 2. The van der Waals surface area contributed by atoms with Gasteiger partial charge in [-0.25, -0.2) is 4.39 Å². The Kier molecular flexibility index (Phi) is 2.96. The average Bonchev–Trinajstić information content (AvgIpc) is 2.62. The highest BCUT2D eigenvalue weighted by molar-refractivity contribution is 7.99. The zero-order valence-electron chi connectivity index (χ0n) is 8.22. The molecule has 0 radical (unpaired) electrons. The standard InChI is InChI=1S/C11H14FNS/c1-8-2-3-11(10(12)6-8)13-9-4-5-14-7-9/h2-3,6,9,13H,4-5,7H2,1H3/t9-/m0/s1. The van der Waals surface area contributed by atoms with Crippen molar-refractivity contribution >= 4 is 17.4 Å². The Hall–Kier alpha value is -0.700. The summed E-state index contributed by atoms with van der Waals surface area (Å²) < 4.78 is 13.4. The molecule has 1 fully saturated rings. The first-order valence-corrected chi connectivity index (χ1v) is 6.01. The molecule has 0 aliphatic carbocycles. The molecule has 0 unspecified atom stereocenters. The lowest BCUT2D eigenvalue weighted by Gasteiger charge is -2.13. The van der Waals surface area contributed by atoms with E-state index in [1.54, 1.807) is 6.07 Å². The molecule has 1 atom stereocenters. The Labute approximate surface area is 88.1 Å². The number of rotatable bonds is 2. The fourth-order valence-corrected chi connectivity index (χ4v) is 2.76. The quantitative estimate of drug-likeness (QED) is 0.807. The van der Waals surface area contributed by atoms with Crippen LogP contribution < -0.4 is 5.32 Å². The van der Waals surface area contributed by atoms with E-state index in [9.17, 15) is 4.39 Å². The number of halogens is 1. The highest BCUT2D eigenvalue weighted by atomic mass is 32.2. The molecule has 0 spiro atoms. The topological polar surface area (TPSA) is 12.0 Å². The van der Waals surface area contributed by atoms with Crippen LogP contribution >= 0.6 is 11.8 Å². The summed E-state index contributed by atoms with van der Waals surface area (Å²) in [7, 11) is 0. The van der Waals surface area contributed by atoms with E-state index in [1.807, 2.05) is 30.8 Å². The van der Waals surface area contributed by atoms with Crippen molar-refractivity contribution in [2.24, 2.45) is 0 Å². The van der Waals surface area contributed by atoms with E-state index in [2.05, 4.69) is 5.32 Å². The van der Waals surface area contributed by atoms with Crippen molar-refractivity contribution in [1.82, 2.24) is 0 Å². The maximum Gasteiger partial charge on any atom is 0.146 e. The molecule has 3 heteroatoms. The van der Waals surface area contributed by atoms with Crippen LogP contribution in [0.3, 0.4) is 0 Å². The molecule has 1 nitrogen and oxygen atoms in total. The van der Waals surface area contributed by atoms with Crippen LogP contribution in [-0.4, -0.2) is 17.5 Å². The van der Waals surface area contributed by atoms with Gasteiger partial charge in [-0.1, -0.05) is 6.07 Å². The van der Waals surface area contributed by atoms with Gasteiger partial charge in [-0.3, -0.25) is 0 Å². The first-order valence-electron chi connectivity index (χ1n) is 4.86. The van der Waals surface area contributed by atoms with E-state index in [1.165, 1.54) is 5.75 Å². The molecule has 14 heavy (non-hydrogen) atoms. The van der Waals surface area contributed by atoms with Gasteiger partial charge in [-0.15, -0.1) is 0 Å². The molecule has 1 aliphatic rings. The van der Waals surface area contributed by atoms with Crippen LogP contribution in [0.25, 0.3) is 0 Å². The summed E-state index contributed by atoms with van der Waals surface area (Å²) >= 11 is 1.93. The molecule has 0 bridgehead atoms. The van der Waals surface area contributed by atoms with Gasteiger partial charge in [-0.05, 0) is 36.8 Å². The largest absolute Gasteiger partial charge is 0.379 e. The molecule has 0 amide bonds. The molecular weight excluding hydrogens is 197 g/mol. The Morgan fingerprint density at radius 3 is 3.00 bits per heavy atom. The molecule has 1 N–H and O–H groups in total. The Bertz CT molecular complexity index is 321. The maximum atomic E-state index is 13.4. The highest BCUT2D eigenvalue weighted by Gasteiger charge is 2.16. The number of hydrogen-bond donors (Lipinski definition) is 1. The summed E-state index contributed by atoms with van der Waals surface area (Å²) in [4.78, 5) is 0. The van der Waals surface area contributed by atoms with Crippen molar-refractivity contribution in [3.8, 4) is 0 Å². The van der Waals surface area contributed by atoms with Crippen LogP contribution in [0, 0.1) is 12.7 Å². The van der Waals surface area contributed by atoms with Gasteiger partial charge in [0.2, 0.25) is 0 Å². The maximum absolute atomic E-state index is 13.4. The SMILES string of the molecule is Cc1ccc(N[C@H]2CCSC2)c(F)c1. The first-order chi connectivity index (χ1) is 6.75. The van der Waals surface area contributed by atoms with Crippen molar-refractivity contribution in [1.29, 1.82) is 0 Å². The van der Waals surface area contributed by atoms with Crippen molar-refractivity contribution in [3.05, 3.63) is 29.6 Å². The molecule has 1 aromatic rings. The lowest BCUT2D eigenvalue weighted by Crippen LogP contribution is -2.18. The van der Waals surface area contributed by atoms with Crippen molar-refractivity contribution in [2.75, 3.05) is 16.8 Å².